The van der Waals surface area contributed by atoms with E-state index in [0.717, 1.165) is 5.56 Å². The van der Waals surface area contributed by atoms with Crippen LogP contribution in [0.25, 0.3) is 11.1 Å². The molecule has 2 aromatic carbocycles. The van der Waals surface area contributed by atoms with Gasteiger partial charge in [-0.2, -0.15) is 5.26 Å². The summed E-state index contributed by atoms with van der Waals surface area (Å²) in [6.07, 6.45) is 1.27. The van der Waals surface area contributed by atoms with Crippen molar-refractivity contribution >= 4 is 29.1 Å². The first-order chi connectivity index (χ1) is 14.4. The number of amides is 2. The summed E-state index contributed by atoms with van der Waals surface area (Å²) in [5, 5.41) is 22.5. The Balaban J connectivity index is 1.66. The zero-order valence-electron chi connectivity index (χ0n) is 16.3. The van der Waals surface area contributed by atoms with E-state index in [4.69, 9.17) is 16.9 Å². The highest BCUT2D eigenvalue weighted by Crippen LogP contribution is 2.36. The van der Waals surface area contributed by atoms with Crippen molar-refractivity contribution < 1.29 is 14.7 Å². The van der Waals surface area contributed by atoms with Gasteiger partial charge in [-0.1, -0.05) is 30.3 Å². The number of carbonyl (C=O) groups excluding carboxylic acids is 2. The Morgan fingerprint density at radius 3 is 2.40 bits per heavy atom. The molecule has 0 unspecified atom stereocenters. The molecule has 0 radical (unpaired) electrons. The van der Waals surface area contributed by atoms with E-state index in [1.165, 1.54) is 12.1 Å². The smallest absolute Gasteiger partial charge is 0.246 e. The molecule has 0 aliphatic carbocycles. The maximum Gasteiger partial charge on any atom is 0.246 e. The van der Waals surface area contributed by atoms with Crippen LogP contribution >= 0.6 is 11.6 Å². The van der Waals surface area contributed by atoms with Crippen molar-refractivity contribution in [3.8, 4) is 22.9 Å². The molecule has 0 spiro atoms. The van der Waals surface area contributed by atoms with E-state index >= 15 is 0 Å². The zero-order valence-corrected chi connectivity index (χ0v) is 17.0. The van der Waals surface area contributed by atoms with Gasteiger partial charge in [0.15, 0.2) is 0 Å². The number of aromatic hydroxyl groups is 1. The fourth-order valence-electron chi connectivity index (χ4n) is 3.24. The highest BCUT2D eigenvalue weighted by molar-refractivity contribution is 6.33. The molecule has 8 heteroatoms. The molecule has 1 saturated heterocycles. The third-order valence-corrected chi connectivity index (χ3v) is 5.27. The molecule has 0 atom stereocenters. The summed E-state index contributed by atoms with van der Waals surface area (Å²) in [5.41, 5.74) is 2.38. The number of anilines is 1. The van der Waals surface area contributed by atoms with Gasteiger partial charge in [-0.3, -0.25) is 9.59 Å². The summed E-state index contributed by atoms with van der Waals surface area (Å²) >= 11 is 6.28. The Bertz CT molecular complexity index is 1010. The molecule has 2 N–H and O–H groups in total. The molecule has 30 heavy (non-hydrogen) atoms. The second-order valence-electron chi connectivity index (χ2n) is 6.80. The summed E-state index contributed by atoms with van der Waals surface area (Å²) in [7, 11) is 0. The van der Waals surface area contributed by atoms with E-state index in [1.807, 2.05) is 0 Å². The number of halogens is 1. The Morgan fingerprint density at radius 1 is 1.17 bits per heavy atom. The van der Waals surface area contributed by atoms with Gasteiger partial charge in [-0.05, 0) is 29.8 Å². The number of benzene rings is 2. The first-order valence-electron chi connectivity index (χ1n) is 9.39. The van der Waals surface area contributed by atoms with Gasteiger partial charge < -0.3 is 20.2 Å². The van der Waals surface area contributed by atoms with Gasteiger partial charge >= 0.3 is 0 Å². The Hall–Kier alpha value is -3.50. The molecule has 1 heterocycles. The number of nitrogens with zero attached hydrogens (tertiary/aromatic N) is 3. The second-order valence-corrected chi connectivity index (χ2v) is 7.21. The normalized spacial score (nSPS) is 13.5. The number of piperazine rings is 1. The highest BCUT2D eigenvalue weighted by Gasteiger charge is 2.23. The predicted molar refractivity (Wildman–Crippen MR) is 115 cm³/mol. The first-order valence-corrected chi connectivity index (χ1v) is 9.76. The molecule has 7 nitrogen and oxygen atoms in total. The van der Waals surface area contributed by atoms with Crippen molar-refractivity contribution in [1.29, 1.82) is 5.26 Å². The lowest BCUT2D eigenvalue weighted by molar-refractivity contribution is -0.135. The number of nitrogens with one attached hydrogen (secondary N) is 1. The Labute approximate surface area is 179 Å². The highest BCUT2D eigenvalue weighted by atomic mass is 35.5. The quantitative estimate of drug-likeness (QED) is 0.568. The summed E-state index contributed by atoms with van der Waals surface area (Å²) in [4.78, 5) is 27.5. The SMILES string of the molecule is C=CC(=O)N1CCN(C(=O)CNc2cc(-c3ccc(C#N)cc3)c(Cl)cc2O)CC1. The summed E-state index contributed by atoms with van der Waals surface area (Å²) < 4.78 is 0. The van der Waals surface area contributed by atoms with Crippen LogP contribution < -0.4 is 5.32 Å². The third-order valence-electron chi connectivity index (χ3n) is 4.96. The Morgan fingerprint density at radius 2 is 1.80 bits per heavy atom. The molecular formula is C22H21ClN4O3. The van der Waals surface area contributed by atoms with Crippen LogP contribution in [0.4, 0.5) is 5.69 Å². The maximum atomic E-state index is 12.5. The van der Waals surface area contributed by atoms with Crippen LogP contribution in [0.3, 0.4) is 0 Å². The van der Waals surface area contributed by atoms with E-state index in [2.05, 4.69) is 18.0 Å². The average molecular weight is 425 g/mol. The number of hydrogen-bond donors (Lipinski definition) is 2. The van der Waals surface area contributed by atoms with Gasteiger partial charge in [0.25, 0.3) is 0 Å². The Kier molecular flexibility index (Phi) is 6.60. The molecule has 2 amide bonds. The molecular weight excluding hydrogens is 404 g/mol. The van der Waals surface area contributed by atoms with Crippen molar-refractivity contribution in [2.75, 3.05) is 38.0 Å². The average Bonchev–Trinajstić information content (AvgIpc) is 2.78. The fourth-order valence-corrected chi connectivity index (χ4v) is 3.50. The standard InChI is InChI=1S/C22H21ClN4O3/c1-2-21(29)26-7-9-27(10-8-26)22(30)14-25-19-11-17(18(23)12-20(19)28)16-5-3-15(13-24)4-6-16/h2-6,11-12,25,28H,1,7-10,14H2. The van der Waals surface area contributed by atoms with E-state index in [0.29, 0.717) is 48.0 Å². The lowest BCUT2D eigenvalue weighted by Crippen LogP contribution is -2.51. The van der Waals surface area contributed by atoms with Gasteiger partial charge in [0.05, 0.1) is 28.9 Å². The lowest BCUT2D eigenvalue weighted by Gasteiger charge is -2.34. The molecule has 0 aromatic heterocycles. The lowest BCUT2D eigenvalue weighted by atomic mass is 10.0. The van der Waals surface area contributed by atoms with E-state index in [-0.39, 0.29) is 24.1 Å². The van der Waals surface area contributed by atoms with Crippen molar-refractivity contribution in [2.45, 2.75) is 0 Å². The van der Waals surface area contributed by atoms with Gasteiger partial charge in [0, 0.05) is 37.8 Å². The zero-order chi connectivity index (χ0) is 21.7. The van der Waals surface area contributed by atoms with Crippen LogP contribution in [0.1, 0.15) is 5.56 Å². The van der Waals surface area contributed by atoms with Gasteiger partial charge in [-0.15, -0.1) is 0 Å². The maximum absolute atomic E-state index is 12.5. The van der Waals surface area contributed by atoms with Crippen molar-refractivity contribution in [3.63, 3.8) is 0 Å². The molecule has 0 bridgehead atoms. The molecule has 3 rings (SSSR count). The minimum absolute atomic E-state index is 0.00257. The number of nitriles is 1. The monoisotopic (exact) mass is 424 g/mol. The number of phenolic OH excluding ortho intramolecular Hbond substituents is 1. The van der Waals surface area contributed by atoms with E-state index < -0.39 is 0 Å². The molecule has 2 aromatic rings. The summed E-state index contributed by atoms with van der Waals surface area (Å²) in [6.45, 7) is 5.30. The van der Waals surface area contributed by atoms with E-state index in [1.54, 1.807) is 40.1 Å². The van der Waals surface area contributed by atoms with Gasteiger partial charge in [-0.25, -0.2) is 0 Å². The number of carbonyl (C=O) groups is 2. The van der Waals surface area contributed by atoms with Crippen LogP contribution in [0.2, 0.25) is 5.02 Å². The van der Waals surface area contributed by atoms with Crippen LogP contribution in [0.5, 0.6) is 5.75 Å². The van der Waals surface area contributed by atoms with E-state index in [9.17, 15) is 14.7 Å². The predicted octanol–water partition coefficient (Wildman–Crippen LogP) is 2.85. The van der Waals surface area contributed by atoms with Crippen LogP contribution in [0.15, 0.2) is 49.1 Å². The minimum atomic E-state index is -0.137. The molecule has 1 aliphatic heterocycles. The van der Waals surface area contributed by atoms with Crippen molar-refractivity contribution in [1.82, 2.24) is 9.80 Å². The van der Waals surface area contributed by atoms with Crippen LogP contribution in [0, 0.1) is 11.3 Å². The molecule has 1 fully saturated rings. The number of phenols is 1. The molecule has 1 aliphatic rings. The first kappa shape index (κ1) is 21.2. The van der Waals surface area contributed by atoms with Crippen LogP contribution in [-0.4, -0.2) is 59.4 Å². The van der Waals surface area contributed by atoms with Gasteiger partial charge in [0.1, 0.15) is 5.75 Å². The second kappa shape index (κ2) is 9.33. The largest absolute Gasteiger partial charge is 0.506 e. The van der Waals surface area contributed by atoms with Crippen molar-refractivity contribution in [3.05, 3.63) is 59.6 Å². The number of rotatable bonds is 5. The third kappa shape index (κ3) is 4.73. The van der Waals surface area contributed by atoms with Crippen LogP contribution in [-0.2, 0) is 9.59 Å². The number of hydrogen-bond acceptors (Lipinski definition) is 5. The minimum Gasteiger partial charge on any atom is -0.506 e. The van der Waals surface area contributed by atoms with Crippen molar-refractivity contribution in [2.24, 2.45) is 0 Å². The fraction of sp³-hybridized carbons (Fsp3) is 0.227. The molecule has 154 valence electrons. The topological polar surface area (TPSA) is 96.7 Å². The summed E-state index contributed by atoms with van der Waals surface area (Å²) in [5.74, 6) is -0.330. The molecule has 0 saturated carbocycles. The summed E-state index contributed by atoms with van der Waals surface area (Å²) in [6, 6.07) is 12.1. The van der Waals surface area contributed by atoms with Gasteiger partial charge in [0.2, 0.25) is 11.8 Å².